The summed E-state index contributed by atoms with van der Waals surface area (Å²) in [6, 6.07) is 7.55. The molecular weight excluding hydrogens is 256 g/mol. The Morgan fingerprint density at radius 2 is 2.05 bits per heavy atom. The van der Waals surface area contributed by atoms with Crippen LogP contribution in [0.3, 0.4) is 0 Å². The van der Waals surface area contributed by atoms with Gasteiger partial charge in [0.05, 0.1) is 25.2 Å². The van der Waals surface area contributed by atoms with E-state index in [1.807, 2.05) is 24.3 Å². The lowest BCUT2D eigenvalue weighted by molar-refractivity contribution is -0.147. The zero-order valence-electron chi connectivity index (χ0n) is 11.7. The molecule has 4 nitrogen and oxygen atoms in total. The van der Waals surface area contributed by atoms with Crippen LogP contribution in [0.5, 0.6) is 5.75 Å². The van der Waals surface area contributed by atoms with Crippen LogP contribution >= 0.6 is 0 Å². The Labute approximate surface area is 118 Å². The second-order valence-electron chi connectivity index (χ2n) is 6.33. The molecule has 1 aromatic carbocycles. The number of carboxylic acids is 1. The first kappa shape index (κ1) is 13.4. The Bertz CT molecular complexity index is 515. The van der Waals surface area contributed by atoms with E-state index < -0.39 is 11.4 Å². The minimum Gasteiger partial charge on any atom is -0.493 e. The summed E-state index contributed by atoms with van der Waals surface area (Å²) in [5.41, 5.74) is 0.138. The number of hydrogen-bond donors (Lipinski definition) is 1. The van der Waals surface area contributed by atoms with Crippen LogP contribution in [0.4, 0.5) is 0 Å². The van der Waals surface area contributed by atoms with Crippen molar-refractivity contribution in [3.8, 4) is 5.75 Å². The quantitative estimate of drug-likeness (QED) is 0.898. The average molecular weight is 276 g/mol. The lowest BCUT2D eigenvalue weighted by Crippen LogP contribution is -2.45. The predicted octanol–water partition coefficient (Wildman–Crippen LogP) is 2.61. The zero-order valence-corrected chi connectivity index (χ0v) is 11.7. The van der Waals surface area contributed by atoms with Crippen LogP contribution < -0.4 is 4.74 Å². The minimum absolute atomic E-state index is 0.0586. The fraction of sp³-hybridized carbons (Fsp3) is 0.562. The third kappa shape index (κ3) is 2.08. The van der Waals surface area contributed by atoms with Crippen LogP contribution in [0.2, 0.25) is 0 Å². The summed E-state index contributed by atoms with van der Waals surface area (Å²) in [5, 5.41) is 9.57. The summed E-state index contributed by atoms with van der Waals surface area (Å²) in [5.74, 6) is -0.0271. The molecule has 0 atom stereocenters. The minimum atomic E-state index is -0.742. The fourth-order valence-corrected chi connectivity index (χ4v) is 2.90. The maximum absolute atomic E-state index is 11.6. The van der Waals surface area contributed by atoms with Gasteiger partial charge in [0.25, 0.3) is 0 Å². The van der Waals surface area contributed by atoms with Gasteiger partial charge >= 0.3 is 5.97 Å². The second-order valence-corrected chi connectivity index (χ2v) is 6.33. The summed E-state index contributed by atoms with van der Waals surface area (Å²) in [4.78, 5) is 11.6. The fourth-order valence-electron chi connectivity index (χ4n) is 2.90. The third-order valence-electron chi connectivity index (χ3n) is 4.50. The van der Waals surface area contributed by atoms with Gasteiger partial charge < -0.3 is 14.6 Å². The molecule has 1 aromatic rings. The van der Waals surface area contributed by atoms with Gasteiger partial charge in [0, 0.05) is 11.0 Å². The zero-order chi connectivity index (χ0) is 14.2. The molecule has 0 unspecified atom stereocenters. The van der Waals surface area contributed by atoms with Crippen molar-refractivity contribution in [3.63, 3.8) is 0 Å². The number of hydrogen-bond acceptors (Lipinski definition) is 3. The van der Waals surface area contributed by atoms with Gasteiger partial charge in [-0.2, -0.15) is 0 Å². The molecule has 1 heterocycles. The van der Waals surface area contributed by atoms with Gasteiger partial charge in [-0.3, -0.25) is 4.79 Å². The Hall–Kier alpha value is -1.55. The SMILES string of the molecule is CC1(COc2ccccc2C2(C(=O)O)CCC2)COC1. The Morgan fingerprint density at radius 3 is 2.55 bits per heavy atom. The summed E-state index contributed by atoms with van der Waals surface area (Å²) in [7, 11) is 0. The van der Waals surface area contributed by atoms with Crippen LogP contribution in [-0.4, -0.2) is 30.9 Å². The van der Waals surface area contributed by atoms with E-state index in [0.29, 0.717) is 38.4 Å². The largest absolute Gasteiger partial charge is 0.493 e. The van der Waals surface area contributed by atoms with Crippen molar-refractivity contribution in [2.45, 2.75) is 31.6 Å². The van der Waals surface area contributed by atoms with Gasteiger partial charge in [-0.05, 0) is 18.9 Å². The molecule has 0 aromatic heterocycles. The van der Waals surface area contributed by atoms with E-state index in [1.54, 1.807) is 0 Å². The summed E-state index contributed by atoms with van der Waals surface area (Å²) < 4.78 is 11.2. The topological polar surface area (TPSA) is 55.8 Å². The van der Waals surface area contributed by atoms with Crippen LogP contribution in [0, 0.1) is 5.41 Å². The third-order valence-corrected chi connectivity index (χ3v) is 4.50. The summed E-state index contributed by atoms with van der Waals surface area (Å²) in [6.07, 6.45) is 2.36. The maximum atomic E-state index is 11.6. The van der Waals surface area contributed by atoms with Crippen molar-refractivity contribution in [1.29, 1.82) is 0 Å². The Morgan fingerprint density at radius 1 is 1.35 bits per heavy atom. The van der Waals surface area contributed by atoms with Crippen LogP contribution in [0.25, 0.3) is 0 Å². The Kier molecular flexibility index (Phi) is 3.21. The molecule has 1 saturated carbocycles. The van der Waals surface area contributed by atoms with Crippen molar-refractivity contribution in [2.75, 3.05) is 19.8 Å². The average Bonchev–Trinajstić information content (AvgIpc) is 2.33. The van der Waals surface area contributed by atoms with Crippen LogP contribution in [-0.2, 0) is 14.9 Å². The predicted molar refractivity (Wildman–Crippen MR) is 74.0 cm³/mol. The van der Waals surface area contributed by atoms with Crippen LogP contribution in [0.1, 0.15) is 31.7 Å². The first-order chi connectivity index (χ1) is 9.56. The molecule has 0 bridgehead atoms. The number of para-hydroxylation sites is 1. The molecule has 108 valence electrons. The maximum Gasteiger partial charge on any atom is 0.314 e. The van der Waals surface area contributed by atoms with Crippen LogP contribution in [0.15, 0.2) is 24.3 Å². The van der Waals surface area contributed by atoms with E-state index in [2.05, 4.69) is 6.92 Å². The second kappa shape index (κ2) is 4.77. The van der Waals surface area contributed by atoms with Crippen molar-refractivity contribution in [2.24, 2.45) is 5.41 Å². The van der Waals surface area contributed by atoms with Crippen molar-refractivity contribution in [3.05, 3.63) is 29.8 Å². The highest BCUT2D eigenvalue weighted by Crippen LogP contribution is 2.47. The molecule has 1 N–H and O–H groups in total. The lowest BCUT2D eigenvalue weighted by Gasteiger charge is -2.40. The first-order valence-electron chi connectivity index (χ1n) is 7.09. The standard InChI is InChI=1S/C16H20O4/c1-15(9-19-10-15)11-20-13-6-3-2-5-12(13)16(14(17)18)7-4-8-16/h2-3,5-6H,4,7-11H2,1H3,(H,17,18). The smallest absolute Gasteiger partial charge is 0.314 e. The van der Waals surface area contributed by atoms with Crippen molar-refractivity contribution >= 4 is 5.97 Å². The molecule has 4 heteroatoms. The van der Waals surface area contributed by atoms with Gasteiger partial charge in [0.1, 0.15) is 5.75 Å². The molecule has 20 heavy (non-hydrogen) atoms. The number of carboxylic acid groups (broad SMARTS) is 1. The number of aliphatic carboxylic acids is 1. The van der Waals surface area contributed by atoms with Crippen molar-refractivity contribution < 1.29 is 19.4 Å². The highest BCUT2D eigenvalue weighted by atomic mass is 16.5. The molecule has 1 saturated heterocycles. The molecule has 2 aliphatic rings. The Balaban J connectivity index is 1.82. The number of ether oxygens (including phenoxy) is 2. The molecule has 3 rings (SSSR count). The number of carbonyl (C=O) groups is 1. The molecular formula is C16H20O4. The van der Waals surface area contributed by atoms with E-state index in [9.17, 15) is 9.90 Å². The number of rotatable bonds is 5. The highest BCUT2D eigenvalue weighted by Gasteiger charge is 2.47. The molecule has 0 spiro atoms. The normalized spacial score (nSPS) is 22.4. The molecule has 1 aliphatic heterocycles. The van der Waals surface area contributed by atoms with Gasteiger partial charge in [-0.1, -0.05) is 31.5 Å². The monoisotopic (exact) mass is 276 g/mol. The molecule has 2 fully saturated rings. The summed E-state index contributed by atoms with van der Waals surface area (Å²) >= 11 is 0. The van der Waals surface area contributed by atoms with E-state index in [0.717, 1.165) is 12.0 Å². The van der Waals surface area contributed by atoms with Gasteiger partial charge in [0.2, 0.25) is 0 Å². The van der Waals surface area contributed by atoms with E-state index in [-0.39, 0.29) is 5.41 Å². The van der Waals surface area contributed by atoms with E-state index in [4.69, 9.17) is 9.47 Å². The molecule has 1 aliphatic carbocycles. The highest BCUT2D eigenvalue weighted by molar-refractivity contribution is 5.83. The van der Waals surface area contributed by atoms with E-state index in [1.165, 1.54) is 0 Å². The van der Waals surface area contributed by atoms with Gasteiger partial charge in [-0.25, -0.2) is 0 Å². The summed E-state index contributed by atoms with van der Waals surface area (Å²) in [6.45, 7) is 4.10. The van der Waals surface area contributed by atoms with Gasteiger partial charge in [0.15, 0.2) is 0 Å². The molecule has 0 radical (unpaired) electrons. The van der Waals surface area contributed by atoms with E-state index >= 15 is 0 Å². The van der Waals surface area contributed by atoms with Crippen molar-refractivity contribution in [1.82, 2.24) is 0 Å². The number of benzene rings is 1. The molecule has 0 amide bonds. The van der Waals surface area contributed by atoms with Gasteiger partial charge in [-0.15, -0.1) is 0 Å². The first-order valence-corrected chi connectivity index (χ1v) is 7.09. The lowest BCUT2D eigenvalue weighted by atomic mass is 9.64.